The van der Waals surface area contributed by atoms with Gasteiger partial charge in [0.2, 0.25) is 0 Å². The van der Waals surface area contributed by atoms with Crippen LogP contribution in [0, 0.1) is 0 Å². The molecule has 7 heteroatoms. The van der Waals surface area contributed by atoms with E-state index < -0.39 is 23.7 Å². The lowest BCUT2D eigenvalue weighted by Gasteiger charge is -2.37. The van der Waals surface area contributed by atoms with E-state index in [0.717, 1.165) is 16.7 Å². The maximum absolute atomic E-state index is 14.0. The van der Waals surface area contributed by atoms with Crippen molar-refractivity contribution in [2.45, 2.75) is 37.5 Å². The highest BCUT2D eigenvalue weighted by molar-refractivity contribution is 6.31. The van der Waals surface area contributed by atoms with Gasteiger partial charge in [-0.25, -0.2) is 9.59 Å². The lowest BCUT2D eigenvalue weighted by atomic mass is 9.80. The van der Waals surface area contributed by atoms with E-state index in [1.165, 1.54) is 0 Å². The van der Waals surface area contributed by atoms with Gasteiger partial charge in [-0.3, -0.25) is 0 Å². The number of ether oxygens (including phenoxy) is 2. The number of nitrogens with two attached hydrogens (primary N) is 1. The van der Waals surface area contributed by atoms with Crippen LogP contribution in [0.4, 0.5) is 4.79 Å². The molecule has 0 aliphatic heterocycles. The predicted octanol–water partition coefficient (Wildman–Crippen LogP) is 6.60. The van der Waals surface area contributed by atoms with Crippen molar-refractivity contribution < 1.29 is 19.1 Å². The van der Waals surface area contributed by atoms with Crippen molar-refractivity contribution in [2.24, 2.45) is 5.73 Å². The van der Waals surface area contributed by atoms with E-state index in [4.69, 9.17) is 26.8 Å². The number of esters is 1. The molecule has 0 unspecified atom stereocenters. The zero-order valence-corrected chi connectivity index (χ0v) is 22.9. The Labute approximate surface area is 240 Å². The molecule has 0 fully saturated rings. The van der Waals surface area contributed by atoms with Gasteiger partial charge < -0.3 is 20.5 Å². The normalized spacial score (nSPS) is 11.8. The van der Waals surface area contributed by atoms with Gasteiger partial charge in [-0.2, -0.15) is 0 Å². The Morgan fingerprint density at radius 2 is 1.32 bits per heavy atom. The number of carbonyl (C=O) groups is 2. The summed E-state index contributed by atoms with van der Waals surface area (Å²) in [4.78, 5) is 26.8. The molecule has 0 bridgehead atoms. The van der Waals surface area contributed by atoms with Crippen molar-refractivity contribution in [1.82, 2.24) is 5.32 Å². The molecule has 0 saturated heterocycles. The third-order valence-electron chi connectivity index (χ3n) is 6.60. The van der Waals surface area contributed by atoms with E-state index in [2.05, 4.69) is 5.32 Å². The summed E-state index contributed by atoms with van der Waals surface area (Å²) in [6.07, 6.45) is 0.933. The van der Waals surface area contributed by atoms with Crippen molar-refractivity contribution in [3.05, 3.63) is 143 Å². The maximum atomic E-state index is 14.0. The lowest BCUT2D eigenvalue weighted by Crippen LogP contribution is -2.46. The Morgan fingerprint density at radius 1 is 0.775 bits per heavy atom. The number of carbonyl (C=O) groups excluding carboxylic acids is 2. The summed E-state index contributed by atoms with van der Waals surface area (Å²) in [5.74, 6) is -0.610. The molecule has 206 valence electrons. The molecule has 3 N–H and O–H groups in total. The van der Waals surface area contributed by atoms with Crippen molar-refractivity contribution in [3.63, 3.8) is 0 Å². The number of halogens is 1. The summed E-state index contributed by atoms with van der Waals surface area (Å²) in [7, 11) is 0. The fourth-order valence-electron chi connectivity index (χ4n) is 4.61. The number of unbranched alkanes of at least 4 members (excludes halogenated alkanes) is 1. The molecule has 1 atom stereocenters. The topological polar surface area (TPSA) is 90.6 Å². The number of alkyl carbamates (subject to hydrolysis) is 1. The highest BCUT2D eigenvalue weighted by atomic mass is 35.5. The summed E-state index contributed by atoms with van der Waals surface area (Å²) in [6.45, 7) is 0.548. The van der Waals surface area contributed by atoms with Crippen LogP contribution in [0.2, 0.25) is 5.02 Å². The van der Waals surface area contributed by atoms with Gasteiger partial charge in [-0.15, -0.1) is 0 Å². The second kappa shape index (κ2) is 14.3. The van der Waals surface area contributed by atoms with Gasteiger partial charge in [0.1, 0.15) is 12.6 Å². The smallest absolute Gasteiger partial charge is 0.408 e. The first-order valence-electron chi connectivity index (χ1n) is 13.3. The molecule has 4 rings (SSSR count). The minimum atomic E-state index is -1.38. The third kappa shape index (κ3) is 7.08. The summed E-state index contributed by atoms with van der Waals surface area (Å²) in [5, 5.41) is 3.17. The first-order chi connectivity index (χ1) is 19.5. The van der Waals surface area contributed by atoms with Gasteiger partial charge in [0.15, 0.2) is 5.60 Å². The highest BCUT2D eigenvalue weighted by Crippen LogP contribution is 2.43. The molecule has 0 spiro atoms. The maximum Gasteiger partial charge on any atom is 0.408 e. The molecule has 40 heavy (non-hydrogen) atoms. The molecular formula is C33H33ClN2O4. The number of hydrogen-bond acceptors (Lipinski definition) is 5. The largest absolute Gasteiger partial charge is 0.445 e. The van der Waals surface area contributed by atoms with E-state index >= 15 is 0 Å². The van der Waals surface area contributed by atoms with Crippen LogP contribution in [0.15, 0.2) is 115 Å². The molecular weight excluding hydrogens is 524 g/mol. The average molecular weight is 557 g/mol. The summed E-state index contributed by atoms with van der Waals surface area (Å²) >= 11 is 6.76. The van der Waals surface area contributed by atoms with Crippen LogP contribution in [0.25, 0.3) is 0 Å². The van der Waals surface area contributed by atoms with Crippen molar-refractivity contribution in [2.75, 3.05) is 6.54 Å². The van der Waals surface area contributed by atoms with Crippen molar-refractivity contribution >= 4 is 23.7 Å². The Balaban J connectivity index is 1.70. The second-order valence-corrected chi connectivity index (χ2v) is 9.76. The molecule has 4 aromatic carbocycles. The van der Waals surface area contributed by atoms with Gasteiger partial charge in [0.25, 0.3) is 0 Å². The molecule has 1 amide bonds. The zero-order chi connectivity index (χ0) is 28.2. The van der Waals surface area contributed by atoms with Crippen LogP contribution >= 0.6 is 11.6 Å². The van der Waals surface area contributed by atoms with Crippen LogP contribution in [0.3, 0.4) is 0 Å². The van der Waals surface area contributed by atoms with Crippen LogP contribution in [0.1, 0.15) is 41.5 Å². The van der Waals surface area contributed by atoms with Crippen LogP contribution in [0.5, 0.6) is 0 Å². The van der Waals surface area contributed by atoms with Gasteiger partial charge in [-0.05, 0) is 37.4 Å². The second-order valence-electron chi connectivity index (χ2n) is 9.36. The molecule has 0 aliphatic carbocycles. The van der Waals surface area contributed by atoms with Crippen LogP contribution in [-0.4, -0.2) is 24.6 Å². The fourth-order valence-corrected chi connectivity index (χ4v) is 4.88. The minimum Gasteiger partial charge on any atom is -0.445 e. The third-order valence-corrected chi connectivity index (χ3v) is 6.93. The zero-order valence-electron chi connectivity index (χ0n) is 22.2. The van der Waals surface area contributed by atoms with Gasteiger partial charge in [-0.1, -0.05) is 121 Å². The van der Waals surface area contributed by atoms with Crippen molar-refractivity contribution in [1.29, 1.82) is 0 Å². The fraction of sp³-hybridized carbons (Fsp3) is 0.212. The van der Waals surface area contributed by atoms with E-state index in [1.807, 2.05) is 109 Å². The Bertz CT molecular complexity index is 1330. The molecule has 0 saturated carbocycles. The number of benzene rings is 4. The van der Waals surface area contributed by atoms with E-state index in [0.29, 0.717) is 36.4 Å². The van der Waals surface area contributed by atoms with Gasteiger partial charge in [0, 0.05) is 21.7 Å². The number of nitrogens with one attached hydrogen (secondary N) is 1. The Kier molecular flexibility index (Phi) is 10.3. The summed E-state index contributed by atoms with van der Waals surface area (Å²) < 4.78 is 11.9. The number of hydrogen-bond donors (Lipinski definition) is 2. The molecule has 6 nitrogen and oxygen atoms in total. The number of rotatable bonds is 12. The number of amides is 1. The molecule has 0 radical (unpaired) electrons. The SMILES string of the molecule is NCCCC[C@H](NC(=O)OCc1ccccc1)C(=O)OC(c1ccccc1)(c1ccccc1)c1ccccc1Cl. The minimum absolute atomic E-state index is 0.0782. The summed E-state index contributed by atoms with van der Waals surface area (Å²) in [6, 6.07) is 34.6. The van der Waals surface area contributed by atoms with Crippen LogP contribution in [-0.2, 0) is 26.5 Å². The Hall–Kier alpha value is -4.13. The Morgan fingerprint density at radius 3 is 1.90 bits per heavy atom. The van der Waals surface area contributed by atoms with E-state index in [1.54, 1.807) is 6.07 Å². The quantitative estimate of drug-likeness (QED) is 0.117. The molecule has 0 aliphatic rings. The summed E-state index contributed by atoms with van der Waals surface area (Å²) in [5.41, 5.74) is 7.21. The van der Waals surface area contributed by atoms with Gasteiger partial charge in [0.05, 0.1) is 0 Å². The van der Waals surface area contributed by atoms with E-state index in [-0.39, 0.29) is 6.61 Å². The highest BCUT2D eigenvalue weighted by Gasteiger charge is 2.43. The molecule has 0 aromatic heterocycles. The monoisotopic (exact) mass is 556 g/mol. The average Bonchev–Trinajstić information content (AvgIpc) is 3.00. The lowest BCUT2D eigenvalue weighted by molar-refractivity contribution is -0.156. The molecule has 4 aromatic rings. The van der Waals surface area contributed by atoms with Crippen LogP contribution < -0.4 is 11.1 Å². The predicted molar refractivity (Wildman–Crippen MR) is 157 cm³/mol. The first-order valence-corrected chi connectivity index (χ1v) is 13.7. The van der Waals surface area contributed by atoms with Crippen molar-refractivity contribution in [3.8, 4) is 0 Å². The van der Waals surface area contributed by atoms with Gasteiger partial charge >= 0.3 is 12.1 Å². The molecule has 0 heterocycles. The van der Waals surface area contributed by atoms with E-state index in [9.17, 15) is 9.59 Å². The first kappa shape index (κ1) is 28.9. The standard InChI is InChI=1S/C33H33ClN2O4/c34-29-21-11-10-20-28(29)33(26-16-6-2-7-17-26,27-18-8-3-9-19-27)40-31(37)30(22-12-13-23-35)36-32(38)39-24-25-14-4-1-5-15-25/h1-11,14-21,30H,12-13,22-24,35H2,(H,36,38)/t30-/m0/s1.